The van der Waals surface area contributed by atoms with E-state index in [0.717, 1.165) is 22.2 Å². The van der Waals surface area contributed by atoms with Gasteiger partial charge in [-0.1, -0.05) is 34.1 Å². The number of hydrogen-bond acceptors (Lipinski definition) is 3. The molecule has 0 atom stereocenters. The van der Waals surface area contributed by atoms with Crippen LogP contribution in [-0.4, -0.2) is 16.0 Å². The zero-order chi connectivity index (χ0) is 14.8. The van der Waals surface area contributed by atoms with Gasteiger partial charge < -0.3 is 5.32 Å². The highest BCUT2D eigenvalue weighted by molar-refractivity contribution is 9.10. The summed E-state index contributed by atoms with van der Waals surface area (Å²) in [5, 5.41) is 3.60. The molecule has 1 N–H and O–H groups in total. The van der Waals surface area contributed by atoms with Gasteiger partial charge in [-0.25, -0.2) is 9.97 Å². The zero-order valence-corrected chi connectivity index (χ0v) is 14.6. The van der Waals surface area contributed by atoms with Crippen molar-refractivity contribution in [2.75, 3.05) is 5.32 Å². The highest BCUT2D eigenvalue weighted by Gasteiger charge is 2.22. The lowest BCUT2D eigenvalue weighted by Crippen LogP contribution is -2.27. The standard InChI is InChI=1S/C16H26BrN3/c1-5-11-6-8-12(9-7-11)18-14-10-13(17)19-15(20-14)16(2,3)4/h10-12H,5-9H2,1-4H3,(H,18,19,20). The van der Waals surface area contributed by atoms with E-state index >= 15 is 0 Å². The molecule has 0 bridgehead atoms. The van der Waals surface area contributed by atoms with Crippen LogP contribution in [-0.2, 0) is 5.41 Å². The molecule has 0 saturated heterocycles. The number of anilines is 1. The van der Waals surface area contributed by atoms with E-state index in [0.29, 0.717) is 6.04 Å². The number of rotatable bonds is 3. The summed E-state index contributed by atoms with van der Waals surface area (Å²) in [7, 11) is 0. The van der Waals surface area contributed by atoms with Gasteiger partial charge in [0, 0.05) is 17.5 Å². The van der Waals surface area contributed by atoms with Gasteiger partial charge in [-0.2, -0.15) is 0 Å². The molecule has 1 saturated carbocycles. The van der Waals surface area contributed by atoms with Gasteiger partial charge in [0.05, 0.1) is 0 Å². The number of nitrogens with one attached hydrogen (secondary N) is 1. The Morgan fingerprint density at radius 2 is 1.85 bits per heavy atom. The maximum Gasteiger partial charge on any atom is 0.137 e. The Kier molecular flexibility index (Phi) is 5.05. The van der Waals surface area contributed by atoms with Gasteiger partial charge in [0.1, 0.15) is 16.2 Å². The molecule has 20 heavy (non-hydrogen) atoms. The molecule has 2 rings (SSSR count). The maximum atomic E-state index is 4.69. The van der Waals surface area contributed by atoms with Crippen LogP contribution in [0.1, 0.15) is 65.6 Å². The molecule has 112 valence electrons. The minimum absolute atomic E-state index is 0.0277. The molecular formula is C16H26BrN3. The van der Waals surface area contributed by atoms with E-state index in [1.807, 2.05) is 6.07 Å². The average Bonchev–Trinajstić information content (AvgIpc) is 2.38. The van der Waals surface area contributed by atoms with Crippen LogP contribution in [0.4, 0.5) is 5.82 Å². The van der Waals surface area contributed by atoms with E-state index < -0.39 is 0 Å². The molecule has 1 aliphatic rings. The van der Waals surface area contributed by atoms with Crippen LogP contribution < -0.4 is 5.32 Å². The van der Waals surface area contributed by atoms with E-state index in [2.05, 4.69) is 58.9 Å². The lowest BCUT2D eigenvalue weighted by Gasteiger charge is -2.29. The minimum atomic E-state index is -0.0277. The highest BCUT2D eigenvalue weighted by atomic mass is 79.9. The number of halogens is 1. The van der Waals surface area contributed by atoms with Crippen molar-refractivity contribution in [3.8, 4) is 0 Å². The summed E-state index contributed by atoms with van der Waals surface area (Å²) in [4.78, 5) is 9.17. The highest BCUT2D eigenvalue weighted by Crippen LogP contribution is 2.29. The summed E-state index contributed by atoms with van der Waals surface area (Å²) < 4.78 is 0.863. The van der Waals surface area contributed by atoms with Crippen molar-refractivity contribution >= 4 is 21.7 Å². The van der Waals surface area contributed by atoms with Crippen molar-refractivity contribution in [2.45, 2.75) is 71.3 Å². The van der Waals surface area contributed by atoms with Gasteiger partial charge in [0.25, 0.3) is 0 Å². The fraction of sp³-hybridized carbons (Fsp3) is 0.750. The van der Waals surface area contributed by atoms with Crippen molar-refractivity contribution < 1.29 is 0 Å². The second-order valence-corrected chi connectivity index (χ2v) is 7.73. The SMILES string of the molecule is CCC1CCC(Nc2cc(Br)nc(C(C)(C)C)n2)CC1. The maximum absolute atomic E-state index is 4.69. The van der Waals surface area contributed by atoms with Gasteiger partial charge in [0.2, 0.25) is 0 Å². The Labute approximate surface area is 131 Å². The van der Waals surface area contributed by atoms with Crippen LogP contribution in [0.5, 0.6) is 0 Å². The average molecular weight is 340 g/mol. The van der Waals surface area contributed by atoms with Crippen LogP contribution in [0.2, 0.25) is 0 Å². The molecule has 0 aliphatic heterocycles. The topological polar surface area (TPSA) is 37.8 Å². The van der Waals surface area contributed by atoms with Crippen molar-refractivity contribution in [2.24, 2.45) is 5.92 Å². The zero-order valence-electron chi connectivity index (χ0n) is 13.0. The van der Waals surface area contributed by atoms with Crippen molar-refractivity contribution in [3.05, 3.63) is 16.5 Å². The second-order valence-electron chi connectivity index (χ2n) is 6.92. The van der Waals surface area contributed by atoms with Gasteiger partial charge in [-0.15, -0.1) is 0 Å². The molecule has 0 spiro atoms. The number of hydrogen-bond donors (Lipinski definition) is 1. The van der Waals surface area contributed by atoms with Gasteiger partial charge in [0.15, 0.2) is 0 Å². The Bertz CT molecular complexity index is 446. The van der Waals surface area contributed by atoms with Gasteiger partial charge in [-0.05, 0) is 47.5 Å². The summed E-state index contributed by atoms with van der Waals surface area (Å²) in [5.41, 5.74) is -0.0277. The van der Waals surface area contributed by atoms with Crippen LogP contribution in [0.15, 0.2) is 10.7 Å². The van der Waals surface area contributed by atoms with Crippen LogP contribution in [0, 0.1) is 5.92 Å². The van der Waals surface area contributed by atoms with Crippen LogP contribution >= 0.6 is 15.9 Å². The van der Waals surface area contributed by atoms with Gasteiger partial charge >= 0.3 is 0 Å². The van der Waals surface area contributed by atoms with Gasteiger partial charge in [-0.3, -0.25) is 0 Å². The Morgan fingerprint density at radius 3 is 2.40 bits per heavy atom. The molecular weight excluding hydrogens is 314 g/mol. The number of nitrogens with zero attached hydrogens (tertiary/aromatic N) is 2. The summed E-state index contributed by atoms with van der Waals surface area (Å²) >= 11 is 3.50. The first-order valence-corrected chi connectivity index (χ1v) is 8.49. The second kappa shape index (κ2) is 6.42. The monoisotopic (exact) mass is 339 g/mol. The smallest absolute Gasteiger partial charge is 0.137 e. The van der Waals surface area contributed by atoms with E-state index in [4.69, 9.17) is 0 Å². The molecule has 3 nitrogen and oxygen atoms in total. The lowest BCUT2D eigenvalue weighted by atomic mass is 9.84. The predicted molar refractivity (Wildman–Crippen MR) is 88.1 cm³/mol. The lowest BCUT2D eigenvalue weighted by molar-refractivity contribution is 0.329. The summed E-state index contributed by atoms with van der Waals surface area (Å²) in [6.45, 7) is 8.73. The molecule has 1 aromatic heterocycles. The van der Waals surface area contributed by atoms with Crippen molar-refractivity contribution in [3.63, 3.8) is 0 Å². The van der Waals surface area contributed by atoms with E-state index in [9.17, 15) is 0 Å². The first-order valence-electron chi connectivity index (χ1n) is 7.70. The Balaban J connectivity index is 2.05. The summed E-state index contributed by atoms with van der Waals surface area (Å²) in [5.74, 6) is 2.77. The third-order valence-electron chi connectivity index (χ3n) is 4.14. The minimum Gasteiger partial charge on any atom is -0.367 e. The Morgan fingerprint density at radius 1 is 1.20 bits per heavy atom. The predicted octanol–water partition coefficient (Wildman–Crippen LogP) is 4.92. The molecule has 0 unspecified atom stereocenters. The molecule has 0 amide bonds. The molecule has 1 aromatic rings. The largest absolute Gasteiger partial charge is 0.367 e. The summed E-state index contributed by atoms with van der Waals surface area (Å²) in [6.07, 6.45) is 6.51. The first kappa shape index (κ1) is 15.7. The fourth-order valence-corrected chi connectivity index (χ4v) is 3.14. The normalized spacial score (nSPS) is 23.6. The first-order chi connectivity index (χ1) is 9.38. The quantitative estimate of drug-likeness (QED) is 0.794. The fourth-order valence-electron chi connectivity index (χ4n) is 2.75. The molecule has 1 aliphatic carbocycles. The summed E-state index contributed by atoms with van der Waals surface area (Å²) in [6, 6.07) is 2.55. The van der Waals surface area contributed by atoms with E-state index in [1.54, 1.807) is 0 Å². The van der Waals surface area contributed by atoms with E-state index in [1.165, 1.54) is 32.1 Å². The van der Waals surface area contributed by atoms with Crippen LogP contribution in [0.3, 0.4) is 0 Å². The van der Waals surface area contributed by atoms with E-state index in [-0.39, 0.29) is 5.41 Å². The number of aromatic nitrogens is 2. The molecule has 0 radical (unpaired) electrons. The van der Waals surface area contributed by atoms with Crippen molar-refractivity contribution in [1.82, 2.24) is 9.97 Å². The van der Waals surface area contributed by atoms with Crippen LogP contribution in [0.25, 0.3) is 0 Å². The molecule has 0 aromatic carbocycles. The molecule has 1 fully saturated rings. The Hall–Kier alpha value is -0.640. The third kappa shape index (κ3) is 4.18. The molecule has 1 heterocycles. The third-order valence-corrected chi connectivity index (χ3v) is 4.55. The molecule has 4 heteroatoms. The van der Waals surface area contributed by atoms with Crippen molar-refractivity contribution in [1.29, 1.82) is 0 Å².